The second-order valence-corrected chi connectivity index (χ2v) is 7.44. The van der Waals surface area contributed by atoms with E-state index in [1.165, 1.54) is 0 Å². The number of sulfone groups is 1. The van der Waals surface area contributed by atoms with Gasteiger partial charge in [0.25, 0.3) is 5.91 Å². The maximum absolute atomic E-state index is 12.6. The van der Waals surface area contributed by atoms with Crippen LogP contribution >= 0.6 is 0 Å². The van der Waals surface area contributed by atoms with Gasteiger partial charge in [-0.15, -0.1) is 0 Å². The molecular weight excluding hydrogens is 294 g/mol. The van der Waals surface area contributed by atoms with Crippen molar-refractivity contribution in [2.45, 2.75) is 19.4 Å². The highest BCUT2D eigenvalue weighted by atomic mass is 32.2. The average molecular weight is 311 g/mol. The van der Waals surface area contributed by atoms with Crippen LogP contribution in [0.5, 0.6) is 11.5 Å². The first kappa shape index (κ1) is 14.2. The number of hydrogen-bond acceptors (Lipinski definition) is 5. The van der Waals surface area contributed by atoms with Crippen LogP contribution in [-0.2, 0) is 9.84 Å². The summed E-state index contributed by atoms with van der Waals surface area (Å²) in [5.74, 6) is 1.21. The Balaban J connectivity index is 1.82. The fraction of sp³-hybridized carbons (Fsp3) is 0.500. The van der Waals surface area contributed by atoms with E-state index >= 15 is 0 Å². The second kappa shape index (κ2) is 5.22. The van der Waals surface area contributed by atoms with E-state index in [-0.39, 0.29) is 30.2 Å². The van der Waals surface area contributed by atoms with E-state index in [9.17, 15) is 13.2 Å². The minimum Gasteiger partial charge on any atom is -0.454 e. The fourth-order valence-electron chi connectivity index (χ4n) is 2.78. The number of carbonyl (C=O) groups excluding carboxylic acids is 1. The van der Waals surface area contributed by atoms with Crippen molar-refractivity contribution in [1.29, 1.82) is 0 Å². The van der Waals surface area contributed by atoms with Crippen molar-refractivity contribution in [1.82, 2.24) is 4.90 Å². The van der Waals surface area contributed by atoms with Crippen LogP contribution in [-0.4, -0.2) is 50.1 Å². The van der Waals surface area contributed by atoms with Gasteiger partial charge in [0.2, 0.25) is 6.79 Å². The summed E-state index contributed by atoms with van der Waals surface area (Å²) >= 11 is 0. The molecule has 1 amide bonds. The largest absolute Gasteiger partial charge is 0.454 e. The lowest BCUT2D eigenvalue weighted by atomic mass is 10.1. The lowest BCUT2D eigenvalue weighted by Gasteiger charge is -2.27. The van der Waals surface area contributed by atoms with E-state index in [0.29, 0.717) is 30.0 Å². The van der Waals surface area contributed by atoms with E-state index in [0.717, 1.165) is 0 Å². The quantitative estimate of drug-likeness (QED) is 0.835. The van der Waals surface area contributed by atoms with Gasteiger partial charge in [-0.05, 0) is 31.5 Å². The summed E-state index contributed by atoms with van der Waals surface area (Å²) in [7, 11) is -3.01. The molecule has 1 saturated heterocycles. The molecule has 1 fully saturated rings. The number of carbonyl (C=O) groups is 1. The van der Waals surface area contributed by atoms with Gasteiger partial charge >= 0.3 is 0 Å². The first-order chi connectivity index (χ1) is 10.00. The molecule has 0 bridgehead atoms. The van der Waals surface area contributed by atoms with Gasteiger partial charge in [0.05, 0.1) is 11.5 Å². The van der Waals surface area contributed by atoms with Crippen LogP contribution in [0.2, 0.25) is 0 Å². The molecule has 0 aliphatic carbocycles. The zero-order valence-electron chi connectivity index (χ0n) is 11.7. The van der Waals surface area contributed by atoms with E-state index in [4.69, 9.17) is 9.47 Å². The lowest BCUT2D eigenvalue weighted by Crippen LogP contribution is -2.40. The number of benzene rings is 1. The van der Waals surface area contributed by atoms with Crippen LogP contribution in [0.15, 0.2) is 18.2 Å². The molecule has 2 aliphatic rings. The molecule has 3 rings (SSSR count). The summed E-state index contributed by atoms with van der Waals surface area (Å²) in [5, 5.41) is 0. The lowest BCUT2D eigenvalue weighted by molar-refractivity contribution is 0.0708. The minimum atomic E-state index is -3.01. The van der Waals surface area contributed by atoms with Gasteiger partial charge in [-0.25, -0.2) is 8.42 Å². The van der Waals surface area contributed by atoms with Crippen LogP contribution in [0.25, 0.3) is 0 Å². The summed E-state index contributed by atoms with van der Waals surface area (Å²) in [6, 6.07) is 4.80. The highest BCUT2D eigenvalue weighted by Crippen LogP contribution is 2.33. The van der Waals surface area contributed by atoms with Crippen molar-refractivity contribution in [2.24, 2.45) is 0 Å². The molecule has 0 spiro atoms. The predicted octanol–water partition coefficient (Wildman–Crippen LogP) is 1.06. The van der Waals surface area contributed by atoms with Gasteiger partial charge in [-0.1, -0.05) is 0 Å². The van der Waals surface area contributed by atoms with Crippen molar-refractivity contribution in [2.75, 3.05) is 24.8 Å². The topological polar surface area (TPSA) is 72.9 Å². The zero-order valence-corrected chi connectivity index (χ0v) is 12.6. The molecule has 0 unspecified atom stereocenters. The van der Waals surface area contributed by atoms with Gasteiger partial charge in [0.15, 0.2) is 21.3 Å². The SMILES string of the molecule is CCN(C(=O)c1ccc2c(c1)OCO2)[C@@H]1CCS(=O)(=O)C1. The van der Waals surface area contributed by atoms with E-state index < -0.39 is 9.84 Å². The van der Waals surface area contributed by atoms with Crippen LogP contribution in [0.1, 0.15) is 23.7 Å². The third-order valence-corrected chi connectivity index (χ3v) is 5.62. The molecule has 0 saturated carbocycles. The Kier molecular flexibility index (Phi) is 3.52. The predicted molar refractivity (Wildman–Crippen MR) is 76.3 cm³/mol. The Morgan fingerprint density at radius 2 is 2.10 bits per heavy atom. The van der Waals surface area contributed by atoms with Crippen molar-refractivity contribution in [3.63, 3.8) is 0 Å². The third-order valence-electron chi connectivity index (χ3n) is 3.87. The highest BCUT2D eigenvalue weighted by Gasteiger charge is 2.34. The number of rotatable bonds is 3. The highest BCUT2D eigenvalue weighted by molar-refractivity contribution is 7.91. The Labute approximate surface area is 123 Å². The van der Waals surface area contributed by atoms with Crippen LogP contribution in [0.4, 0.5) is 0 Å². The second-order valence-electron chi connectivity index (χ2n) is 5.22. The van der Waals surface area contributed by atoms with Gasteiger partial charge < -0.3 is 14.4 Å². The van der Waals surface area contributed by atoms with Crippen molar-refractivity contribution in [3.8, 4) is 11.5 Å². The summed E-state index contributed by atoms with van der Waals surface area (Å²) in [4.78, 5) is 14.2. The van der Waals surface area contributed by atoms with Crippen molar-refractivity contribution < 1.29 is 22.7 Å². The summed E-state index contributed by atoms with van der Waals surface area (Å²) in [6.45, 7) is 2.49. The van der Waals surface area contributed by atoms with Gasteiger partial charge in [-0.3, -0.25) is 4.79 Å². The van der Waals surface area contributed by atoms with Crippen LogP contribution in [0, 0.1) is 0 Å². The summed E-state index contributed by atoms with van der Waals surface area (Å²) in [5.41, 5.74) is 0.491. The molecule has 1 aromatic carbocycles. The van der Waals surface area contributed by atoms with Crippen molar-refractivity contribution >= 4 is 15.7 Å². The molecule has 21 heavy (non-hydrogen) atoms. The van der Waals surface area contributed by atoms with Crippen molar-refractivity contribution in [3.05, 3.63) is 23.8 Å². The average Bonchev–Trinajstić information content (AvgIpc) is 3.05. The van der Waals surface area contributed by atoms with E-state index in [1.54, 1.807) is 23.1 Å². The monoisotopic (exact) mass is 311 g/mol. The molecule has 114 valence electrons. The Hall–Kier alpha value is -1.76. The Morgan fingerprint density at radius 3 is 2.76 bits per heavy atom. The molecule has 6 nitrogen and oxygen atoms in total. The van der Waals surface area contributed by atoms with Crippen LogP contribution in [0.3, 0.4) is 0 Å². The number of nitrogens with zero attached hydrogens (tertiary/aromatic N) is 1. The van der Waals surface area contributed by atoms with Gasteiger partial charge in [0.1, 0.15) is 0 Å². The maximum Gasteiger partial charge on any atom is 0.254 e. The van der Waals surface area contributed by atoms with Gasteiger partial charge in [-0.2, -0.15) is 0 Å². The smallest absolute Gasteiger partial charge is 0.254 e. The Morgan fingerprint density at radius 1 is 1.33 bits per heavy atom. The van der Waals surface area contributed by atoms with Gasteiger partial charge in [0, 0.05) is 18.2 Å². The molecule has 2 heterocycles. The molecule has 1 aromatic rings. The molecule has 7 heteroatoms. The zero-order chi connectivity index (χ0) is 15.0. The normalized spacial score (nSPS) is 22.2. The number of fused-ring (bicyclic) bond motifs is 1. The first-order valence-electron chi connectivity index (χ1n) is 6.91. The van der Waals surface area contributed by atoms with Crippen LogP contribution < -0.4 is 9.47 Å². The third kappa shape index (κ3) is 2.70. The molecular formula is C14H17NO5S. The fourth-order valence-corrected chi connectivity index (χ4v) is 4.51. The summed E-state index contributed by atoms with van der Waals surface area (Å²) < 4.78 is 33.7. The molecule has 0 aromatic heterocycles. The number of ether oxygens (including phenoxy) is 2. The molecule has 0 N–H and O–H groups in total. The maximum atomic E-state index is 12.6. The Bertz CT molecular complexity index is 670. The number of amides is 1. The van der Waals surface area contributed by atoms with E-state index in [1.807, 2.05) is 6.92 Å². The first-order valence-corrected chi connectivity index (χ1v) is 8.73. The van der Waals surface area contributed by atoms with E-state index in [2.05, 4.69) is 0 Å². The summed E-state index contributed by atoms with van der Waals surface area (Å²) in [6.07, 6.45) is 0.506. The standard InChI is InChI=1S/C14H17NO5S/c1-2-15(11-5-6-21(17,18)8-11)14(16)10-3-4-12-13(7-10)20-9-19-12/h3-4,7,11H,2,5-6,8-9H2,1H3/t11-/m1/s1. The molecule has 1 atom stereocenters. The molecule has 2 aliphatic heterocycles. The molecule has 0 radical (unpaired) electrons. The minimum absolute atomic E-state index is 0.0527. The number of hydrogen-bond donors (Lipinski definition) is 0.